The van der Waals surface area contributed by atoms with Crippen molar-refractivity contribution >= 4 is 16.5 Å². The standard InChI is InChI=1S/C16H19F3N2OS/c1-3-15(4-2)11-21(7-8-23(15)22)13-5-6-14(16(17,18)19)12(9-13)10-20/h5-6,9H,3-4,7-8,11H2,1-2H3. The van der Waals surface area contributed by atoms with E-state index in [0.29, 0.717) is 24.5 Å². The number of benzene rings is 1. The molecule has 1 atom stereocenters. The number of rotatable bonds is 3. The second kappa shape index (κ2) is 6.52. The largest absolute Gasteiger partial charge is 0.417 e. The van der Waals surface area contributed by atoms with Crippen LogP contribution in [0.25, 0.3) is 0 Å². The molecule has 0 aromatic heterocycles. The molecule has 0 amide bonds. The highest BCUT2D eigenvalue weighted by molar-refractivity contribution is 7.86. The van der Waals surface area contributed by atoms with Crippen LogP contribution in [0.3, 0.4) is 0 Å². The zero-order chi connectivity index (χ0) is 17.3. The number of halogens is 3. The lowest BCUT2D eigenvalue weighted by atomic mass is 10.00. The van der Waals surface area contributed by atoms with Gasteiger partial charge in [0.2, 0.25) is 0 Å². The molecule has 1 aliphatic rings. The summed E-state index contributed by atoms with van der Waals surface area (Å²) in [6.07, 6.45) is -3.04. The summed E-state index contributed by atoms with van der Waals surface area (Å²) in [6, 6.07) is 5.27. The second-order valence-electron chi connectivity index (χ2n) is 5.70. The van der Waals surface area contributed by atoms with Crippen molar-refractivity contribution in [3.8, 4) is 6.07 Å². The first-order valence-corrected chi connectivity index (χ1v) is 8.84. The Morgan fingerprint density at radius 3 is 2.52 bits per heavy atom. The minimum Gasteiger partial charge on any atom is -0.369 e. The molecule has 126 valence electrons. The summed E-state index contributed by atoms with van der Waals surface area (Å²) >= 11 is 0. The van der Waals surface area contributed by atoms with E-state index in [4.69, 9.17) is 5.26 Å². The van der Waals surface area contributed by atoms with Gasteiger partial charge in [0.15, 0.2) is 0 Å². The Bertz CT molecular complexity index is 648. The van der Waals surface area contributed by atoms with Crippen molar-refractivity contribution in [3.63, 3.8) is 0 Å². The van der Waals surface area contributed by atoms with Crippen molar-refractivity contribution in [1.29, 1.82) is 5.26 Å². The van der Waals surface area contributed by atoms with Crippen LogP contribution in [0.15, 0.2) is 18.2 Å². The Labute approximate surface area is 136 Å². The van der Waals surface area contributed by atoms with Gasteiger partial charge < -0.3 is 4.90 Å². The topological polar surface area (TPSA) is 44.1 Å². The molecule has 1 aromatic rings. The molecule has 7 heteroatoms. The number of hydrogen-bond donors (Lipinski definition) is 0. The molecule has 0 aliphatic carbocycles. The molecule has 1 unspecified atom stereocenters. The average Bonchev–Trinajstić information content (AvgIpc) is 2.54. The van der Waals surface area contributed by atoms with Gasteiger partial charge in [0.25, 0.3) is 0 Å². The lowest BCUT2D eigenvalue weighted by molar-refractivity contribution is -0.137. The molecule has 0 saturated carbocycles. The number of alkyl halides is 3. The Hall–Kier alpha value is -1.55. The summed E-state index contributed by atoms with van der Waals surface area (Å²) in [5.41, 5.74) is -0.709. The molecule has 2 rings (SSSR count). The van der Waals surface area contributed by atoms with E-state index in [2.05, 4.69) is 0 Å². The van der Waals surface area contributed by atoms with Gasteiger partial charge in [-0.15, -0.1) is 0 Å². The Kier molecular flexibility index (Phi) is 5.04. The number of anilines is 1. The molecule has 0 spiro atoms. The quantitative estimate of drug-likeness (QED) is 0.840. The number of nitrogens with zero attached hydrogens (tertiary/aromatic N) is 2. The van der Waals surface area contributed by atoms with Crippen LogP contribution in [0.4, 0.5) is 18.9 Å². The van der Waals surface area contributed by atoms with Crippen LogP contribution in [0, 0.1) is 11.3 Å². The average molecular weight is 344 g/mol. The summed E-state index contributed by atoms with van der Waals surface area (Å²) in [5.74, 6) is 0.491. The maximum atomic E-state index is 12.9. The molecule has 0 bridgehead atoms. The summed E-state index contributed by atoms with van der Waals surface area (Å²) in [4.78, 5) is 1.94. The highest BCUT2D eigenvalue weighted by Gasteiger charge is 2.39. The van der Waals surface area contributed by atoms with Gasteiger partial charge >= 0.3 is 6.18 Å². The highest BCUT2D eigenvalue weighted by atomic mass is 32.2. The Morgan fingerprint density at radius 1 is 1.35 bits per heavy atom. The van der Waals surface area contributed by atoms with Gasteiger partial charge in [-0.1, -0.05) is 13.8 Å². The van der Waals surface area contributed by atoms with E-state index >= 15 is 0 Å². The lowest BCUT2D eigenvalue weighted by Crippen LogP contribution is -2.53. The third kappa shape index (κ3) is 3.37. The third-order valence-corrected chi connectivity index (χ3v) is 6.82. The van der Waals surface area contributed by atoms with E-state index in [9.17, 15) is 17.4 Å². The van der Waals surface area contributed by atoms with Gasteiger partial charge in [0.05, 0.1) is 21.9 Å². The predicted molar refractivity (Wildman–Crippen MR) is 84.7 cm³/mol. The molecular formula is C16H19F3N2OS. The maximum Gasteiger partial charge on any atom is 0.417 e. The first-order valence-electron chi connectivity index (χ1n) is 7.52. The van der Waals surface area contributed by atoms with Crippen molar-refractivity contribution in [1.82, 2.24) is 0 Å². The Morgan fingerprint density at radius 2 is 2.00 bits per heavy atom. The van der Waals surface area contributed by atoms with Gasteiger partial charge in [0.1, 0.15) is 0 Å². The molecule has 1 aromatic carbocycles. The van der Waals surface area contributed by atoms with Crippen LogP contribution in [-0.4, -0.2) is 27.8 Å². The van der Waals surface area contributed by atoms with E-state index < -0.39 is 22.5 Å². The van der Waals surface area contributed by atoms with Gasteiger partial charge in [-0.25, -0.2) is 0 Å². The maximum absolute atomic E-state index is 12.9. The van der Waals surface area contributed by atoms with Crippen molar-refractivity contribution in [2.45, 2.75) is 37.6 Å². The normalized spacial score (nSPS) is 21.0. The molecule has 23 heavy (non-hydrogen) atoms. The minimum absolute atomic E-state index is 0.340. The van der Waals surface area contributed by atoms with Crippen LogP contribution in [0.1, 0.15) is 37.8 Å². The zero-order valence-electron chi connectivity index (χ0n) is 13.1. The smallest absolute Gasteiger partial charge is 0.369 e. The first-order chi connectivity index (χ1) is 10.8. The van der Waals surface area contributed by atoms with Crippen LogP contribution < -0.4 is 4.90 Å². The molecule has 0 N–H and O–H groups in total. The van der Waals surface area contributed by atoms with Crippen LogP contribution >= 0.6 is 0 Å². The van der Waals surface area contributed by atoms with E-state index in [1.807, 2.05) is 18.7 Å². The summed E-state index contributed by atoms with van der Waals surface area (Å²) in [6.45, 7) is 5.02. The van der Waals surface area contributed by atoms with Gasteiger partial charge in [-0.2, -0.15) is 18.4 Å². The SMILES string of the molecule is CCC1(CC)CN(c2ccc(C(F)(F)F)c(C#N)c2)CCS1=O. The summed E-state index contributed by atoms with van der Waals surface area (Å²) in [7, 11) is -0.943. The van der Waals surface area contributed by atoms with E-state index in [0.717, 1.165) is 18.9 Å². The van der Waals surface area contributed by atoms with Crippen LogP contribution in [-0.2, 0) is 17.0 Å². The molecule has 1 aliphatic heterocycles. The fraction of sp³-hybridized carbons (Fsp3) is 0.562. The second-order valence-corrected chi connectivity index (χ2v) is 7.67. The monoisotopic (exact) mass is 344 g/mol. The Balaban J connectivity index is 2.36. The van der Waals surface area contributed by atoms with Crippen molar-refractivity contribution in [2.24, 2.45) is 0 Å². The van der Waals surface area contributed by atoms with Gasteiger partial charge in [-0.3, -0.25) is 4.21 Å². The number of nitriles is 1. The molecular weight excluding hydrogens is 325 g/mol. The molecule has 1 fully saturated rings. The van der Waals surface area contributed by atoms with Gasteiger partial charge in [-0.05, 0) is 31.0 Å². The third-order valence-electron chi connectivity index (χ3n) is 4.59. The van der Waals surface area contributed by atoms with E-state index in [-0.39, 0.29) is 10.3 Å². The van der Waals surface area contributed by atoms with Crippen molar-refractivity contribution in [2.75, 3.05) is 23.7 Å². The first kappa shape index (κ1) is 17.8. The molecule has 3 nitrogen and oxygen atoms in total. The predicted octanol–water partition coefficient (Wildman–Crippen LogP) is 3.70. The zero-order valence-corrected chi connectivity index (χ0v) is 13.9. The summed E-state index contributed by atoms with van der Waals surface area (Å²) in [5, 5.41) is 9.02. The van der Waals surface area contributed by atoms with Crippen LogP contribution in [0.2, 0.25) is 0 Å². The van der Waals surface area contributed by atoms with Gasteiger partial charge in [0, 0.05) is 35.3 Å². The highest BCUT2D eigenvalue weighted by Crippen LogP contribution is 2.36. The van der Waals surface area contributed by atoms with Crippen LogP contribution in [0.5, 0.6) is 0 Å². The fourth-order valence-electron chi connectivity index (χ4n) is 2.99. The molecule has 0 radical (unpaired) electrons. The molecule has 1 saturated heterocycles. The van der Waals surface area contributed by atoms with E-state index in [1.54, 1.807) is 6.07 Å². The van der Waals surface area contributed by atoms with Crippen molar-refractivity contribution < 1.29 is 17.4 Å². The van der Waals surface area contributed by atoms with Crippen molar-refractivity contribution in [3.05, 3.63) is 29.3 Å². The summed E-state index contributed by atoms with van der Waals surface area (Å²) < 4.78 is 50.7. The fourth-order valence-corrected chi connectivity index (χ4v) is 4.76. The lowest BCUT2D eigenvalue weighted by Gasteiger charge is -2.42. The number of hydrogen-bond acceptors (Lipinski definition) is 3. The molecule has 1 heterocycles. The minimum atomic E-state index is -4.54. The van der Waals surface area contributed by atoms with E-state index in [1.165, 1.54) is 12.1 Å².